The van der Waals surface area contributed by atoms with E-state index in [1.54, 1.807) is 6.07 Å². The Kier molecular flexibility index (Phi) is 3.17. The predicted molar refractivity (Wildman–Crippen MR) is 79.6 cm³/mol. The zero-order valence-corrected chi connectivity index (χ0v) is 12.2. The number of fused-ring (bicyclic) bond motifs is 2. The molecule has 0 aliphatic heterocycles. The normalized spacial score (nSPS) is 21.8. The third-order valence-electron chi connectivity index (χ3n) is 4.44. The lowest BCUT2D eigenvalue weighted by Crippen LogP contribution is -2.21. The summed E-state index contributed by atoms with van der Waals surface area (Å²) in [4.78, 5) is 16.4. The van der Waals surface area contributed by atoms with Gasteiger partial charge in [-0.25, -0.2) is 4.79 Å². The highest BCUT2D eigenvalue weighted by Gasteiger charge is 2.30. The van der Waals surface area contributed by atoms with Gasteiger partial charge in [-0.2, -0.15) is 0 Å². The molecule has 20 heavy (non-hydrogen) atoms. The highest BCUT2D eigenvalue weighted by atomic mass is 35.5. The predicted octanol–water partition coefficient (Wildman–Crippen LogP) is 4.27. The molecular formula is C16H16ClNO2. The first-order valence-electron chi connectivity index (χ1n) is 6.85. The van der Waals surface area contributed by atoms with Crippen molar-refractivity contribution in [2.24, 2.45) is 5.92 Å². The van der Waals surface area contributed by atoms with Gasteiger partial charge < -0.3 is 5.11 Å². The van der Waals surface area contributed by atoms with Crippen LogP contribution >= 0.6 is 11.6 Å². The molecule has 1 N–H and O–H groups in total. The fourth-order valence-corrected chi connectivity index (χ4v) is 3.35. The monoisotopic (exact) mass is 289 g/mol. The van der Waals surface area contributed by atoms with Crippen LogP contribution in [-0.2, 0) is 6.42 Å². The van der Waals surface area contributed by atoms with Gasteiger partial charge in [-0.15, -0.1) is 0 Å². The van der Waals surface area contributed by atoms with Gasteiger partial charge in [0.2, 0.25) is 0 Å². The van der Waals surface area contributed by atoms with E-state index >= 15 is 0 Å². The summed E-state index contributed by atoms with van der Waals surface area (Å²) in [6, 6.07) is 5.37. The van der Waals surface area contributed by atoms with Gasteiger partial charge in [0.15, 0.2) is 0 Å². The maximum absolute atomic E-state index is 11.7. The Morgan fingerprint density at radius 1 is 1.40 bits per heavy atom. The Hall–Kier alpha value is -1.61. The van der Waals surface area contributed by atoms with Crippen molar-refractivity contribution in [1.82, 2.24) is 4.98 Å². The van der Waals surface area contributed by atoms with E-state index in [-0.39, 0.29) is 5.92 Å². The molecule has 0 saturated carbocycles. The van der Waals surface area contributed by atoms with Gasteiger partial charge in [-0.1, -0.05) is 31.5 Å². The van der Waals surface area contributed by atoms with Crippen LogP contribution in [0.15, 0.2) is 18.2 Å². The third kappa shape index (κ3) is 1.88. The van der Waals surface area contributed by atoms with Crippen LogP contribution in [0.25, 0.3) is 10.9 Å². The molecule has 2 unspecified atom stereocenters. The number of nitrogens with zero attached hydrogens (tertiary/aromatic N) is 1. The van der Waals surface area contributed by atoms with Crippen molar-refractivity contribution in [1.29, 1.82) is 0 Å². The molecule has 0 radical (unpaired) electrons. The molecule has 1 aliphatic carbocycles. The van der Waals surface area contributed by atoms with Crippen molar-refractivity contribution in [2.75, 3.05) is 0 Å². The smallest absolute Gasteiger partial charge is 0.336 e. The molecule has 0 fully saturated rings. The van der Waals surface area contributed by atoms with E-state index in [1.165, 1.54) is 0 Å². The summed E-state index contributed by atoms with van der Waals surface area (Å²) in [5.41, 5.74) is 2.81. The Morgan fingerprint density at radius 2 is 2.15 bits per heavy atom. The number of hydrogen-bond acceptors (Lipinski definition) is 2. The molecule has 0 bridgehead atoms. The Bertz CT molecular complexity index is 711. The number of hydrogen-bond donors (Lipinski definition) is 1. The van der Waals surface area contributed by atoms with Crippen LogP contribution in [0.1, 0.15) is 47.8 Å². The lowest BCUT2D eigenvalue weighted by molar-refractivity contribution is 0.0697. The van der Waals surface area contributed by atoms with E-state index in [1.807, 2.05) is 12.1 Å². The Labute approximate surface area is 122 Å². The molecule has 0 amide bonds. The van der Waals surface area contributed by atoms with Gasteiger partial charge in [-0.05, 0) is 36.5 Å². The fraction of sp³-hybridized carbons (Fsp3) is 0.375. The summed E-state index contributed by atoms with van der Waals surface area (Å²) in [5, 5.41) is 10.7. The Balaban J connectivity index is 2.43. The molecule has 1 heterocycles. The van der Waals surface area contributed by atoms with Crippen LogP contribution in [0.4, 0.5) is 0 Å². The first-order chi connectivity index (χ1) is 9.50. The van der Waals surface area contributed by atoms with Crippen LogP contribution in [0, 0.1) is 5.92 Å². The number of carbonyl (C=O) groups is 1. The second kappa shape index (κ2) is 4.74. The molecule has 4 heteroatoms. The number of aromatic nitrogens is 1. The molecule has 1 aromatic carbocycles. The average Bonchev–Trinajstić information content (AvgIpc) is 2.41. The van der Waals surface area contributed by atoms with Gasteiger partial charge in [0, 0.05) is 17.0 Å². The Morgan fingerprint density at radius 3 is 2.85 bits per heavy atom. The number of halogens is 1. The first kappa shape index (κ1) is 13.4. The molecule has 3 rings (SSSR count). The molecule has 1 aliphatic rings. The van der Waals surface area contributed by atoms with Crippen LogP contribution in [-0.4, -0.2) is 16.1 Å². The van der Waals surface area contributed by atoms with Crippen LogP contribution in [0.5, 0.6) is 0 Å². The summed E-state index contributed by atoms with van der Waals surface area (Å²) in [6.07, 6.45) is 1.75. The fourth-order valence-electron chi connectivity index (χ4n) is 3.09. The first-order valence-corrected chi connectivity index (χ1v) is 7.22. The zero-order chi connectivity index (χ0) is 14.4. The summed E-state index contributed by atoms with van der Waals surface area (Å²) in [7, 11) is 0. The molecule has 2 atom stereocenters. The lowest BCUT2D eigenvalue weighted by atomic mass is 9.78. The number of benzene rings is 1. The van der Waals surface area contributed by atoms with Gasteiger partial charge in [0.25, 0.3) is 0 Å². The number of carboxylic acids is 1. The summed E-state index contributed by atoms with van der Waals surface area (Å²) in [6.45, 7) is 4.32. The molecule has 104 valence electrons. The molecule has 0 saturated heterocycles. The van der Waals surface area contributed by atoms with Crippen molar-refractivity contribution in [2.45, 2.75) is 32.6 Å². The van der Waals surface area contributed by atoms with Gasteiger partial charge in [-0.3, -0.25) is 4.98 Å². The summed E-state index contributed by atoms with van der Waals surface area (Å²) < 4.78 is 0. The average molecular weight is 290 g/mol. The minimum Gasteiger partial charge on any atom is -0.478 e. The van der Waals surface area contributed by atoms with Crippen LogP contribution in [0.2, 0.25) is 5.02 Å². The SMILES string of the molecule is CC1CCc2c(nc3cccc(Cl)c3c2C(=O)O)C1C. The van der Waals surface area contributed by atoms with Crippen molar-refractivity contribution >= 4 is 28.5 Å². The molecule has 1 aromatic heterocycles. The minimum absolute atomic E-state index is 0.278. The lowest BCUT2D eigenvalue weighted by Gasteiger charge is -2.29. The number of carboxylic acid groups (broad SMARTS) is 1. The minimum atomic E-state index is -0.913. The van der Waals surface area contributed by atoms with E-state index in [0.29, 0.717) is 27.4 Å². The topological polar surface area (TPSA) is 50.2 Å². The third-order valence-corrected chi connectivity index (χ3v) is 4.76. The van der Waals surface area contributed by atoms with E-state index in [9.17, 15) is 9.90 Å². The van der Waals surface area contributed by atoms with Crippen LogP contribution < -0.4 is 0 Å². The molecule has 3 nitrogen and oxygen atoms in total. The van der Waals surface area contributed by atoms with Crippen molar-refractivity contribution in [3.63, 3.8) is 0 Å². The van der Waals surface area contributed by atoms with Crippen LogP contribution in [0.3, 0.4) is 0 Å². The van der Waals surface area contributed by atoms with Gasteiger partial charge in [0.1, 0.15) is 0 Å². The van der Waals surface area contributed by atoms with E-state index in [0.717, 1.165) is 24.1 Å². The van der Waals surface area contributed by atoms with E-state index in [4.69, 9.17) is 16.6 Å². The van der Waals surface area contributed by atoms with E-state index in [2.05, 4.69) is 13.8 Å². The van der Waals surface area contributed by atoms with E-state index < -0.39 is 5.97 Å². The standard InChI is InChI=1S/C16H16ClNO2/c1-8-6-7-10-13(16(19)20)14-11(17)4-3-5-12(14)18-15(10)9(8)2/h3-5,8-9H,6-7H2,1-2H3,(H,19,20). The number of rotatable bonds is 1. The second-order valence-corrected chi connectivity index (χ2v) is 6.00. The highest BCUT2D eigenvalue weighted by molar-refractivity contribution is 6.36. The maximum atomic E-state index is 11.7. The highest BCUT2D eigenvalue weighted by Crippen LogP contribution is 2.39. The molecule has 0 spiro atoms. The summed E-state index contributed by atoms with van der Waals surface area (Å²) in [5.74, 6) is -0.114. The molecular weight excluding hydrogens is 274 g/mol. The quantitative estimate of drug-likeness (QED) is 0.853. The molecule has 2 aromatic rings. The maximum Gasteiger partial charge on any atom is 0.336 e. The summed E-state index contributed by atoms with van der Waals surface area (Å²) >= 11 is 6.21. The number of aromatic carboxylic acids is 1. The van der Waals surface area contributed by atoms with Gasteiger partial charge in [0.05, 0.1) is 16.1 Å². The van der Waals surface area contributed by atoms with Gasteiger partial charge >= 0.3 is 5.97 Å². The largest absolute Gasteiger partial charge is 0.478 e. The van der Waals surface area contributed by atoms with Crippen molar-refractivity contribution in [3.8, 4) is 0 Å². The second-order valence-electron chi connectivity index (χ2n) is 5.59. The number of pyridine rings is 1. The van der Waals surface area contributed by atoms with Crippen molar-refractivity contribution < 1.29 is 9.90 Å². The van der Waals surface area contributed by atoms with Crippen molar-refractivity contribution in [3.05, 3.63) is 40.0 Å². The zero-order valence-electron chi connectivity index (χ0n) is 11.5.